The lowest BCUT2D eigenvalue weighted by Gasteiger charge is -2.25. The molecule has 1 N–H and O–H groups in total. The third-order valence-electron chi connectivity index (χ3n) is 3.16. The zero-order valence-corrected chi connectivity index (χ0v) is 10.1. The smallest absolute Gasteiger partial charge is 0.313 e. The Morgan fingerprint density at radius 3 is 2.38 bits per heavy atom. The van der Waals surface area contributed by atoms with Crippen LogP contribution in [0.25, 0.3) is 0 Å². The number of hydrogen-bond acceptors (Lipinski definition) is 1. The van der Waals surface area contributed by atoms with Gasteiger partial charge in [-0.3, -0.25) is 4.79 Å². The van der Waals surface area contributed by atoms with Gasteiger partial charge in [0, 0.05) is 0 Å². The van der Waals surface area contributed by atoms with E-state index in [4.69, 9.17) is 0 Å². The summed E-state index contributed by atoms with van der Waals surface area (Å²) in [5, 5.41) is 9.39. The molecule has 2 heteroatoms. The van der Waals surface area contributed by atoms with Gasteiger partial charge in [-0.05, 0) is 18.9 Å². The molecule has 0 aliphatic carbocycles. The van der Waals surface area contributed by atoms with Gasteiger partial charge in [0.2, 0.25) is 0 Å². The van der Waals surface area contributed by atoms with Crippen LogP contribution in [0, 0.1) is 0 Å². The summed E-state index contributed by atoms with van der Waals surface area (Å²) in [4.78, 5) is 11.4. The Kier molecular flexibility index (Phi) is 4.53. The van der Waals surface area contributed by atoms with Crippen molar-refractivity contribution >= 4 is 5.97 Å². The number of carboxylic acid groups (broad SMARTS) is 1. The fourth-order valence-electron chi connectivity index (χ4n) is 1.91. The van der Waals surface area contributed by atoms with E-state index in [1.807, 2.05) is 37.3 Å². The zero-order valence-electron chi connectivity index (χ0n) is 10.1. The summed E-state index contributed by atoms with van der Waals surface area (Å²) < 4.78 is 0. The number of aliphatic carboxylic acids is 1. The fraction of sp³-hybridized carbons (Fsp3) is 0.500. The summed E-state index contributed by atoms with van der Waals surface area (Å²) in [5.41, 5.74) is 0.162. The Morgan fingerprint density at radius 2 is 1.88 bits per heavy atom. The molecule has 1 rings (SSSR count). The van der Waals surface area contributed by atoms with Gasteiger partial charge in [0.1, 0.15) is 0 Å². The van der Waals surface area contributed by atoms with E-state index in [1.165, 1.54) is 0 Å². The van der Waals surface area contributed by atoms with E-state index in [1.54, 1.807) is 0 Å². The maximum Gasteiger partial charge on any atom is 0.313 e. The molecule has 0 saturated heterocycles. The van der Waals surface area contributed by atoms with Gasteiger partial charge in [-0.2, -0.15) is 0 Å². The van der Waals surface area contributed by atoms with Crippen molar-refractivity contribution in [2.75, 3.05) is 0 Å². The van der Waals surface area contributed by atoms with Gasteiger partial charge in [0.25, 0.3) is 0 Å². The number of benzene rings is 1. The molecule has 1 aromatic carbocycles. The number of carbonyl (C=O) groups is 1. The van der Waals surface area contributed by atoms with Crippen molar-refractivity contribution in [3.05, 3.63) is 35.9 Å². The van der Waals surface area contributed by atoms with Crippen LogP contribution in [0.2, 0.25) is 0 Å². The van der Waals surface area contributed by atoms with Crippen molar-refractivity contribution in [2.45, 2.75) is 44.9 Å². The summed E-state index contributed by atoms with van der Waals surface area (Å²) in [6.07, 6.45) is 3.88. The van der Waals surface area contributed by atoms with Gasteiger partial charge in [-0.15, -0.1) is 0 Å². The fourth-order valence-corrected chi connectivity index (χ4v) is 1.91. The highest BCUT2D eigenvalue weighted by atomic mass is 16.4. The van der Waals surface area contributed by atoms with Gasteiger partial charge in [-0.1, -0.05) is 56.5 Å². The molecule has 0 saturated carbocycles. The second-order valence-electron chi connectivity index (χ2n) is 4.46. The summed E-state index contributed by atoms with van der Waals surface area (Å²) in [5.74, 6) is -0.727. The highest BCUT2D eigenvalue weighted by molar-refractivity contribution is 5.80. The van der Waals surface area contributed by atoms with Crippen molar-refractivity contribution < 1.29 is 9.90 Å². The van der Waals surface area contributed by atoms with Gasteiger partial charge in [0.15, 0.2) is 0 Å². The third-order valence-corrected chi connectivity index (χ3v) is 3.16. The first-order valence-electron chi connectivity index (χ1n) is 5.90. The highest BCUT2D eigenvalue weighted by Crippen LogP contribution is 2.30. The molecule has 0 spiro atoms. The Labute approximate surface area is 97.3 Å². The van der Waals surface area contributed by atoms with Crippen LogP contribution < -0.4 is 0 Å². The molecule has 1 atom stereocenters. The number of rotatable bonds is 6. The first kappa shape index (κ1) is 12.8. The summed E-state index contributed by atoms with van der Waals surface area (Å²) in [6, 6.07) is 9.52. The van der Waals surface area contributed by atoms with Crippen molar-refractivity contribution in [3.63, 3.8) is 0 Å². The molecular formula is C14H20O2. The Balaban J connectivity index is 2.85. The van der Waals surface area contributed by atoms with Gasteiger partial charge < -0.3 is 5.11 Å². The molecule has 1 unspecified atom stereocenters. The molecule has 0 aliphatic rings. The van der Waals surface area contributed by atoms with Crippen LogP contribution in [-0.4, -0.2) is 11.1 Å². The minimum Gasteiger partial charge on any atom is -0.481 e. The predicted octanol–water partition coefficient (Wildman–Crippen LogP) is 3.61. The molecule has 0 bridgehead atoms. The molecule has 88 valence electrons. The number of carboxylic acids is 1. The van der Waals surface area contributed by atoms with Gasteiger partial charge >= 0.3 is 5.97 Å². The lowest BCUT2D eigenvalue weighted by Crippen LogP contribution is -2.32. The highest BCUT2D eigenvalue weighted by Gasteiger charge is 2.34. The second kappa shape index (κ2) is 5.69. The topological polar surface area (TPSA) is 37.3 Å². The summed E-state index contributed by atoms with van der Waals surface area (Å²) >= 11 is 0. The predicted molar refractivity (Wildman–Crippen MR) is 65.6 cm³/mol. The minimum atomic E-state index is -0.740. The third kappa shape index (κ3) is 2.84. The number of unbranched alkanes of at least 4 members (excludes halogenated alkanes) is 2. The Hall–Kier alpha value is -1.31. The van der Waals surface area contributed by atoms with Crippen LogP contribution in [0.1, 0.15) is 45.1 Å². The minimum absolute atomic E-state index is 0.709. The largest absolute Gasteiger partial charge is 0.481 e. The monoisotopic (exact) mass is 220 g/mol. The van der Waals surface area contributed by atoms with Gasteiger partial charge in [0.05, 0.1) is 5.41 Å². The average molecular weight is 220 g/mol. The number of hydrogen-bond donors (Lipinski definition) is 1. The zero-order chi connectivity index (χ0) is 12.0. The quantitative estimate of drug-likeness (QED) is 0.743. The molecule has 16 heavy (non-hydrogen) atoms. The van der Waals surface area contributed by atoms with Crippen LogP contribution in [0.3, 0.4) is 0 Å². The van der Waals surface area contributed by atoms with Crippen LogP contribution in [-0.2, 0) is 10.2 Å². The standard InChI is InChI=1S/C14H20O2/c1-3-4-8-11-14(2,13(15)16)12-9-6-5-7-10-12/h5-7,9-10H,3-4,8,11H2,1-2H3,(H,15,16). The first-order valence-corrected chi connectivity index (χ1v) is 5.90. The second-order valence-corrected chi connectivity index (χ2v) is 4.46. The SMILES string of the molecule is CCCCCC(C)(C(=O)O)c1ccccc1. The summed E-state index contributed by atoms with van der Waals surface area (Å²) in [6.45, 7) is 3.95. The van der Waals surface area contributed by atoms with E-state index >= 15 is 0 Å². The molecule has 0 heterocycles. The van der Waals surface area contributed by atoms with E-state index in [9.17, 15) is 9.90 Å². The molecule has 0 amide bonds. The molecule has 2 nitrogen and oxygen atoms in total. The molecule has 0 aliphatic heterocycles. The Morgan fingerprint density at radius 1 is 1.25 bits per heavy atom. The summed E-state index contributed by atoms with van der Waals surface area (Å²) in [7, 11) is 0. The average Bonchev–Trinajstić information content (AvgIpc) is 2.30. The molecule has 0 fully saturated rings. The van der Waals surface area contributed by atoms with E-state index < -0.39 is 11.4 Å². The maximum atomic E-state index is 11.4. The van der Waals surface area contributed by atoms with E-state index in [0.29, 0.717) is 6.42 Å². The van der Waals surface area contributed by atoms with E-state index in [2.05, 4.69) is 6.92 Å². The lowest BCUT2D eigenvalue weighted by atomic mass is 9.78. The lowest BCUT2D eigenvalue weighted by molar-refractivity contribution is -0.143. The van der Waals surface area contributed by atoms with Crippen molar-refractivity contribution in [1.82, 2.24) is 0 Å². The van der Waals surface area contributed by atoms with E-state index in [-0.39, 0.29) is 0 Å². The van der Waals surface area contributed by atoms with Crippen LogP contribution in [0.5, 0.6) is 0 Å². The Bertz CT molecular complexity index is 332. The molecular weight excluding hydrogens is 200 g/mol. The molecule has 0 aromatic heterocycles. The van der Waals surface area contributed by atoms with Crippen LogP contribution in [0.15, 0.2) is 30.3 Å². The van der Waals surface area contributed by atoms with Crippen molar-refractivity contribution in [3.8, 4) is 0 Å². The van der Waals surface area contributed by atoms with Crippen molar-refractivity contribution in [2.24, 2.45) is 0 Å². The maximum absolute atomic E-state index is 11.4. The van der Waals surface area contributed by atoms with Crippen LogP contribution in [0.4, 0.5) is 0 Å². The van der Waals surface area contributed by atoms with E-state index in [0.717, 1.165) is 24.8 Å². The van der Waals surface area contributed by atoms with Crippen LogP contribution >= 0.6 is 0 Å². The normalized spacial score (nSPS) is 14.4. The van der Waals surface area contributed by atoms with Gasteiger partial charge in [-0.25, -0.2) is 0 Å². The van der Waals surface area contributed by atoms with Crippen molar-refractivity contribution in [1.29, 1.82) is 0 Å². The molecule has 1 aromatic rings. The first-order chi connectivity index (χ1) is 7.61. The molecule has 0 radical (unpaired) electrons.